The molecule has 0 aromatic rings. The van der Waals surface area contributed by atoms with Gasteiger partial charge in [0.2, 0.25) is 0 Å². The maximum Gasteiger partial charge on any atom is 0.306 e. The van der Waals surface area contributed by atoms with Crippen molar-refractivity contribution in [3.05, 3.63) is 85.1 Å². The number of ether oxygens (including phenoxy) is 2. The summed E-state index contributed by atoms with van der Waals surface area (Å²) in [5.41, 5.74) is 0. The molecule has 0 aliphatic rings. The van der Waals surface area contributed by atoms with Gasteiger partial charge in [-0.2, -0.15) is 0 Å². The zero-order valence-electron chi connectivity index (χ0n) is 42.0. The number of aliphatic hydroxyl groups is 1. The molecule has 1 N–H and O–H groups in total. The minimum Gasteiger partial charge on any atom is -0.462 e. The van der Waals surface area contributed by atoms with Crippen LogP contribution in [-0.2, 0) is 19.1 Å². The van der Waals surface area contributed by atoms with Crippen LogP contribution < -0.4 is 0 Å². The van der Waals surface area contributed by atoms with Gasteiger partial charge in [0, 0.05) is 12.8 Å². The molecule has 0 bridgehead atoms. The topological polar surface area (TPSA) is 72.8 Å². The van der Waals surface area contributed by atoms with Gasteiger partial charge < -0.3 is 14.6 Å². The molecule has 1 unspecified atom stereocenters. The van der Waals surface area contributed by atoms with E-state index in [2.05, 4.69) is 98.9 Å². The third-order valence-electron chi connectivity index (χ3n) is 11.7. The van der Waals surface area contributed by atoms with E-state index in [0.29, 0.717) is 12.8 Å². The normalized spacial score (nSPS) is 12.9. The molecule has 5 heteroatoms. The van der Waals surface area contributed by atoms with E-state index < -0.39 is 6.10 Å². The number of unbranched alkanes of at least 4 members (excludes halogenated alkanes) is 27. The Kier molecular flexibility index (Phi) is 51.9. The first-order valence-electron chi connectivity index (χ1n) is 27.1. The van der Waals surface area contributed by atoms with Gasteiger partial charge in [-0.05, 0) is 89.9 Å². The fraction of sp³-hybridized carbons (Fsp3) is 0.729. The molecule has 1 atom stereocenters. The molecule has 0 radical (unpaired) electrons. The van der Waals surface area contributed by atoms with Gasteiger partial charge in [-0.3, -0.25) is 9.59 Å². The van der Waals surface area contributed by atoms with Gasteiger partial charge in [0.1, 0.15) is 6.61 Å². The molecular formula is C59H102O5. The highest BCUT2D eigenvalue weighted by Gasteiger charge is 2.16. The standard InChI is InChI=1S/C59H102O5/c1-3-5-7-9-11-13-15-17-19-21-23-25-26-27-28-29-30-31-32-34-35-37-39-41-43-45-47-49-51-53-58(61)63-56-57(55-60)64-59(62)54-52-50-48-46-44-42-40-38-36-33-24-22-20-18-16-14-12-10-8-6-4-2/h6,8,12,14-15,17-18,20-21,23-24,26-27,33,57,60H,3-5,7,9-11,13,16,19,22,25,28-32,34-56H2,1-2H3/b8-6-,14-12-,17-15-,20-18-,23-21-,27-26-,33-24-. The summed E-state index contributed by atoms with van der Waals surface area (Å²) in [6.07, 6.45) is 75.4. The summed E-state index contributed by atoms with van der Waals surface area (Å²) < 4.78 is 10.7. The Bertz CT molecular complexity index is 1190. The third kappa shape index (κ3) is 51.7. The fourth-order valence-electron chi connectivity index (χ4n) is 7.61. The number of hydrogen-bond acceptors (Lipinski definition) is 5. The molecule has 368 valence electrons. The summed E-state index contributed by atoms with van der Waals surface area (Å²) in [6.45, 7) is 4.02. The van der Waals surface area contributed by atoms with Crippen LogP contribution in [0.3, 0.4) is 0 Å². The zero-order valence-corrected chi connectivity index (χ0v) is 42.0. The maximum absolute atomic E-state index is 12.3. The Morgan fingerprint density at radius 1 is 0.375 bits per heavy atom. The molecule has 0 aromatic heterocycles. The van der Waals surface area contributed by atoms with Crippen LogP contribution in [0.4, 0.5) is 0 Å². The molecule has 0 aliphatic heterocycles. The predicted octanol–water partition coefficient (Wildman–Crippen LogP) is 18.2. The molecule has 0 aliphatic carbocycles. The van der Waals surface area contributed by atoms with Crippen LogP contribution >= 0.6 is 0 Å². The second kappa shape index (κ2) is 54.4. The molecular weight excluding hydrogens is 789 g/mol. The summed E-state index contributed by atoms with van der Waals surface area (Å²) in [4.78, 5) is 24.5. The Morgan fingerprint density at radius 2 is 0.672 bits per heavy atom. The van der Waals surface area contributed by atoms with Gasteiger partial charge in [0.05, 0.1) is 6.61 Å². The summed E-state index contributed by atoms with van der Waals surface area (Å²) in [7, 11) is 0. The average molecular weight is 891 g/mol. The number of aliphatic hydroxyl groups excluding tert-OH is 1. The van der Waals surface area contributed by atoms with Gasteiger partial charge in [-0.15, -0.1) is 0 Å². The third-order valence-corrected chi connectivity index (χ3v) is 11.7. The van der Waals surface area contributed by atoms with E-state index >= 15 is 0 Å². The molecule has 0 saturated carbocycles. The van der Waals surface area contributed by atoms with Crippen molar-refractivity contribution in [1.29, 1.82) is 0 Å². The number of allylic oxidation sites excluding steroid dienone is 14. The van der Waals surface area contributed by atoms with Gasteiger partial charge in [-0.1, -0.05) is 240 Å². The highest BCUT2D eigenvalue weighted by atomic mass is 16.6. The summed E-state index contributed by atoms with van der Waals surface area (Å²) in [5.74, 6) is -0.598. The first-order chi connectivity index (χ1) is 31.6. The monoisotopic (exact) mass is 891 g/mol. The van der Waals surface area contributed by atoms with Crippen LogP contribution in [0.2, 0.25) is 0 Å². The molecule has 0 heterocycles. The summed E-state index contributed by atoms with van der Waals surface area (Å²) in [6, 6.07) is 0. The number of esters is 2. The van der Waals surface area contributed by atoms with Crippen LogP contribution in [0.25, 0.3) is 0 Å². The van der Waals surface area contributed by atoms with E-state index in [0.717, 1.165) is 83.5 Å². The Morgan fingerprint density at radius 3 is 1.02 bits per heavy atom. The molecule has 0 saturated heterocycles. The fourth-order valence-corrected chi connectivity index (χ4v) is 7.61. The zero-order chi connectivity index (χ0) is 46.3. The largest absolute Gasteiger partial charge is 0.462 e. The van der Waals surface area contributed by atoms with Gasteiger partial charge >= 0.3 is 11.9 Å². The van der Waals surface area contributed by atoms with Gasteiger partial charge in [-0.25, -0.2) is 0 Å². The van der Waals surface area contributed by atoms with E-state index in [4.69, 9.17) is 9.47 Å². The van der Waals surface area contributed by atoms with Crippen molar-refractivity contribution in [3.63, 3.8) is 0 Å². The molecule has 5 nitrogen and oxygen atoms in total. The Balaban J connectivity index is 3.51. The molecule has 0 fully saturated rings. The summed E-state index contributed by atoms with van der Waals surface area (Å²) in [5, 5.41) is 9.64. The second-order valence-electron chi connectivity index (χ2n) is 17.9. The van der Waals surface area contributed by atoms with Crippen LogP contribution in [0.5, 0.6) is 0 Å². The van der Waals surface area contributed by atoms with E-state index in [9.17, 15) is 14.7 Å². The number of rotatable bonds is 49. The first-order valence-corrected chi connectivity index (χ1v) is 27.1. The lowest BCUT2D eigenvalue weighted by atomic mass is 10.0. The van der Waals surface area contributed by atoms with Crippen molar-refractivity contribution in [2.45, 2.75) is 264 Å². The van der Waals surface area contributed by atoms with Crippen LogP contribution in [0.1, 0.15) is 258 Å². The smallest absolute Gasteiger partial charge is 0.306 e. The number of carbonyl (C=O) groups is 2. The van der Waals surface area contributed by atoms with Crippen molar-refractivity contribution in [3.8, 4) is 0 Å². The van der Waals surface area contributed by atoms with Gasteiger partial charge in [0.15, 0.2) is 6.10 Å². The Labute approximate surface area is 396 Å². The van der Waals surface area contributed by atoms with Crippen molar-refractivity contribution in [2.75, 3.05) is 13.2 Å². The van der Waals surface area contributed by atoms with E-state index in [1.807, 2.05) is 0 Å². The highest BCUT2D eigenvalue weighted by molar-refractivity contribution is 5.70. The summed E-state index contributed by atoms with van der Waals surface area (Å²) >= 11 is 0. The number of carbonyl (C=O) groups excluding carboxylic acids is 2. The van der Waals surface area contributed by atoms with Crippen molar-refractivity contribution < 1.29 is 24.2 Å². The van der Waals surface area contributed by atoms with Gasteiger partial charge in [0.25, 0.3) is 0 Å². The van der Waals surface area contributed by atoms with E-state index in [-0.39, 0.29) is 25.2 Å². The molecule has 0 spiro atoms. The highest BCUT2D eigenvalue weighted by Crippen LogP contribution is 2.15. The quantitative estimate of drug-likeness (QED) is 0.0374. The SMILES string of the molecule is CC/C=C\C/C=C\C/C=C\C/C=C\CCCCCCCCCCC(=O)OC(CO)COC(=O)CCCCCCCCCCCCCCCC/C=C\C/C=C\C/C=C\CCCCCCC. The molecule has 64 heavy (non-hydrogen) atoms. The molecule has 0 amide bonds. The van der Waals surface area contributed by atoms with E-state index in [1.165, 1.54) is 148 Å². The maximum atomic E-state index is 12.3. The van der Waals surface area contributed by atoms with Crippen molar-refractivity contribution in [2.24, 2.45) is 0 Å². The van der Waals surface area contributed by atoms with E-state index in [1.54, 1.807) is 0 Å². The minimum absolute atomic E-state index is 0.0722. The lowest BCUT2D eigenvalue weighted by Gasteiger charge is -2.15. The Hall–Kier alpha value is -2.92. The lowest BCUT2D eigenvalue weighted by molar-refractivity contribution is -0.161. The first kappa shape index (κ1) is 61.1. The molecule has 0 rings (SSSR count). The van der Waals surface area contributed by atoms with Crippen molar-refractivity contribution in [1.82, 2.24) is 0 Å². The minimum atomic E-state index is -0.781. The number of hydrogen-bond donors (Lipinski definition) is 1. The van der Waals surface area contributed by atoms with Crippen LogP contribution in [0, 0.1) is 0 Å². The molecule has 0 aromatic carbocycles. The lowest BCUT2D eigenvalue weighted by Crippen LogP contribution is -2.28. The average Bonchev–Trinajstić information content (AvgIpc) is 3.30. The predicted molar refractivity (Wildman–Crippen MR) is 279 cm³/mol. The van der Waals surface area contributed by atoms with Crippen LogP contribution in [-0.4, -0.2) is 36.4 Å². The second-order valence-corrected chi connectivity index (χ2v) is 17.9. The van der Waals surface area contributed by atoms with Crippen LogP contribution in [0.15, 0.2) is 85.1 Å². The van der Waals surface area contributed by atoms with Crippen molar-refractivity contribution >= 4 is 11.9 Å².